The molecule has 0 aliphatic heterocycles. The van der Waals surface area contributed by atoms with Gasteiger partial charge in [0.15, 0.2) is 0 Å². The van der Waals surface area contributed by atoms with E-state index in [9.17, 15) is 0 Å². The Hall–Kier alpha value is -5.45. The predicted molar refractivity (Wildman–Crippen MR) is 206 cm³/mol. The number of hydrogen-bond donors (Lipinski definition) is 0. The summed E-state index contributed by atoms with van der Waals surface area (Å²) >= 11 is 1.88. The Bertz CT molecular complexity index is 2350. The zero-order valence-corrected chi connectivity index (χ0v) is 28.1. The Labute approximate surface area is 286 Å². The largest absolute Gasteiger partial charge is 0.456 e. The normalized spacial score (nSPS) is 11.5. The zero-order valence-electron chi connectivity index (χ0n) is 27.3. The van der Waals surface area contributed by atoms with Crippen LogP contribution >= 0.6 is 11.8 Å². The Kier molecular flexibility index (Phi) is 7.87. The highest BCUT2D eigenvalue weighted by Gasteiger charge is 2.21. The van der Waals surface area contributed by atoms with Crippen LogP contribution in [0.5, 0.6) is 0 Å². The highest BCUT2D eigenvalue weighted by Crippen LogP contribution is 2.46. The minimum Gasteiger partial charge on any atom is -0.456 e. The predicted octanol–water partition coefficient (Wildman–Crippen LogP) is 13.5. The first-order chi connectivity index (χ1) is 23.5. The average molecular weight is 641 g/mol. The Morgan fingerprint density at radius 1 is 0.479 bits per heavy atom. The molecule has 0 spiro atoms. The quantitative estimate of drug-likeness (QED) is 0.154. The number of benzene rings is 7. The number of thioether (sulfide) groups is 1. The van der Waals surface area contributed by atoms with Crippen LogP contribution < -0.4 is 9.80 Å². The molecule has 0 bridgehead atoms. The molecule has 0 radical (unpaired) electrons. The maximum absolute atomic E-state index is 6.81. The molecule has 0 unspecified atom stereocenters. The molecule has 4 heteroatoms. The first kappa shape index (κ1) is 29.9. The first-order valence-corrected chi connectivity index (χ1v) is 17.3. The van der Waals surface area contributed by atoms with Gasteiger partial charge in [-0.2, -0.15) is 0 Å². The summed E-state index contributed by atoms with van der Waals surface area (Å²) in [5.74, 6) is 0. The molecular weight excluding hydrogens is 605 g/mol. The molecule has 0 aliphatic carbocycles. The summed E-state index contributed by atoms with van der Waals surface area (Å²) in [6, 6.07) is 56.2. The van der Waals surface area contributed by atoms with Crippen LogP contribution in [0.1, 0.15) is 19.4 Å². The van der Waals surface area contributed by atoms with Crippen molar-refractivity contribution in [3.05, 3.63) is 163 Å². The maximum atomic E-state index is 6.81. The van der Waals surface area contributed by atoms with Crippen LogP contribution in [-0.2, 0) is 0 Å². The van der Waals surface area contributed by atoms with Crippen LogP contribution in [-0.4, -0.2) is 5.25 Å². The number of aryl methyl sites for hydroxylation is 1. The molecule has 0 saturated heterocycles. The van der Waals surface area contributed by atoms with Gasteiger partial charge in [0.05, 0.1) is 5.69 Å². The van der Waals surface area contributed by atoms with Gasteiger partial charge in [-0.3, -0.25) is 0 Å². The van der Waals surface area contributed by atoms with Crippen LogP contribution in [0.25, 0.3) is 32.7 Å². The Morgan fingerprint density at radius 3 is 1.69 bits per heavy atom. The van der Waals surface area contributed by atoms with Crippen LogP contribution in [0.15, 0.2) is 167 Å². The molecule has 0 aliphatic rings. The molecule has 1 heterocycles. The topological polar surface area (TPSA) is 19.6 Å². The van der Waals surface area contributed by atoms with Gasteiger partial charge >= 0.3 is 0 Å². The molecular formula is C44H36N2OS. The lowest BCUT2D eigenvalue weighted by Gasteiger charge is -2.27. The van der Waals surface area contributed by atoms with E-state index in [2.05, 4.69) is 188 Å². The van der Waals surface area contributed by atoms with Crippen molar-refractivity contribution in [1.82, 2.24) is 0 Å². The summed E-state index contributed by atoms with van der Waals surface area (Å²) < 4.78 is 6.81. The summed E-state index contributed by atoms with van der Waals surface area (Å²) in [7, 11) is 0. The van der Waals surface area contributed by atoms with Crippen molar-refractivity contribution in [2.75, 3.05) is 9.80 Å². The molecule has 234 valence electrons. The summed E-state index contributed by atoms with van der Waals surface area (Å²) in [4.78, 5) is 5.90. The van der Waals surface area contributed by atoms with Crippen LogP contribution in [0.4, 0.5) is 34.1 Å². The van der Waals surface area contributed by atoms with Crippen molar-refractivity contribution in [2.45, 2.75) is 30.9 Å². The molecule has 0 amide bonds. The lowest BCUT2D eigenvalue weighted by molar-refractivity contribution is 0.669. The number of furan rings is 1. The van der Waals surface area contributed by atoms with Crippen molar-refractivity contribution in [1.29, 1.82) is 0 Å². The molecule has 0 saturated carbocycles. The van der Waals surface area contributed by atoms with Crippen LogP contribution in [0.2, 0.25) is 0 Å². The zero-order chi connectivity index (χ0) is 32.6. The van der Waals surface area contributed by atoms with Gasteiger partial charge in [-0.1, -0.05) is 92.2 Å². The Morgan fingerprint density at radius 2 is 1.02 bits per heavy atom. The third-order valence-electron chi connectivity index (χ3n) is 8.73. The summed E-state index contributed by atoms with van der Waals surface area (Å²) in [6.07, 6.45) is 0. The minimum absolute atomic E-state index is 0.526. The summed E-state index contributed by atoms with van der Waals surface area (Å²) in [5, 5.41) is 5.11. The lowest BCUT2D eigenvalue weighted by Crippen LogP contribution is -2.10. The second-order valence-electron chi connectivity index (χ2n) is 12.4. The molecule has 8 aromatic rings. The molecule has 0 fully saturated rings. The third kappa shape index (κ3) is 5.59. The molecule has 0 N–H and O–H groups in total. The number of rotatable bonds is 8. The first-order valence-electron chi connectivity index (χ1n) is 16.5. The van der Waals surface area contributed by atoms with Gasteiger partial charge in [-0.05, 0) is 85.1 Å². The van der Waals surface area contributed by atoms with E-state index in [1.807, 2.05) is 11.8 Å². The minimum atomic E-state index is 0.526. The SMILES string of the molecule is Cc1ccc(N(c2ccccc2)c2ccc3c(c2)oc2cc(N(c4ccccc4)c4ccc(SC(C)C)cc4)c4ccccc4c23)cc1. The van der Waals surface area contributed by atoms with E-state index in [-0.39, 0.29) is 0 Å². The number of hydrogen-bond acceptors (Lipinski definition) is 4. The fourth-order valence-corrected chi connectivity index (χ4v) is 7.44. The maximum Gasteiger partial charge on any atom is 0.138 e. The molecule has 0 atom stereocenters. The van der Waals surface area contributed by atoms with Gasteiger partial charge in [0, 0.05) is 66.9 Å². The molecule has 7 aromatic carbocycles. The monoisotopic (exact) mass is 640 g/mol. The molecule has 48 heavy (non-hydrogen) atoms. The standard InChI is InChI=1S/C44H36N2OS/c1-30(2)48-37-25-22-35(23-26-37)46(33-14-8-5-9-15-33)41-29-43-44(39-17-11-10-16-38(39)41)40-27-24-36(28-42(40)47-43)45(32-12-6-4-7-13-32)34-20-18-31(3)19-21-34/h4-30H,1-3H3. The molecule has 1 aromatic heterocycles. The summed E-state index contributed by atoms with van der Waals surface area (Å²) in [6.45, 7) is 6.58. The lowest BCUT2D eigenvalue weighted by atomic mass is 10.0. The third-order valence-corrected chi connectivity index (χ3v) is 9.74. The molecule has 3 nitrogen and oxygen atoms in total. The highest BCUT2D eigenvalue weighted by molar-refractivity contribution is 7.99. The number of fused-ring (bicyclic) bond motifs is 5. The van der Waals surface area contributed by atoms with E-state index in [4.69, 9.17) is 4.42 Å². The van der Waals surface area contributed by atoms with E-state index in [1.54, 1.807) is 0 Å². The Balaban J connectivity index is 1.32. The number of para-hydroxylation sites is 2. The van der Waals surface area contributed by atoms with Gasteiger partial charge < -0.3 is 14.2 Å². The second kappa shape index (κ2) is 12.6. The van der Waals surface area contributed by atoms with Gasteiger partial charge in [-0.25, -0.2) is 0 Å². The average Bonchev–Trinajstić information content (AvgIpc) is 3.49. The van der Waals surface area contributed by atoms with Crippen molar-refractivity contribution >= 4 is 78.6 Å². The highest BCUT2D eigenvalue weighted by atomic mass is 32.2. The van der Waals surface area contributed by atoms with Gasteiger partial charge in [0.1, 0.15) is 11.2 Å². The van der Waals surface area contributed by atoms with Gasteiger partial charge in [-0.15, -0.1) is 11.8 Å². The van der Waals surface area contributed by atoms with E-state index >= 15 is 0 Å². The van der Waals surface area contributed by atoms with Crippen LogP contribution in [0.3, 0.4) is 0 Å². The smallest absolute Gasteiger partial charge is 0.138 e. The van der Waals surface area contributed by atoms with E-state index < -0.39 is 0 Å². The van der Waals surface area contributed by atoms with E-state index in [1.165, 1.54) is 21.2 Å². The van der Waals surface area contributed by atoms with Crippen molar-refractivity contribution < 1.29 is 4.42 Å². The van der Waals surface area contributed by atoms with Gasteiger partial charge in [0.25, 0.3) is 0 Å². The van der Waals surface area contributed by atoms with Crippen molar-refractivity contribution in [3.63, 3.8) is 0 Å². The number of nitrogens with zero attached hydrogens (tertiary/aromatic N) is 2. The van der Waals surface area contributed by atoms with Crippen LogP contribution in [0, 0.1) is 6.92 Å². The van der Waals surface area contributed by atoms with E-state index in [0.29, 0.717) is 5.25 Å². The molecule has 8 rings (SSSR count). The summed E-state index contributed by atoms with van der Waals surface area (Å²) in [5.41, 5.74) is 9.49. The van der Waals surface area contributed by atoms with Gasteiger partial charge in [0.2, 0.25) is 0 Å². The fourth-order valence-electron chi connectivity index (χ4n) is 6.60. The van der Waals surface area contributed by atoms with E-state index in [0.717, 1.165) is 56.1 Å². The van der Waals surface area contributed by atoms with Crippen molar-refractivity contribution in [3.8, 4) is 0 Å². The fraction of sp³-hybridized carbons (Fsp3) is 0.0909. The number of anilines is 6. The second-order valence-corrected chi connectivity index (χ2v) is 14.1. The van der Waals surface area contributed by atoms with Crippen molar-refractivity contribution in [2.24, 2.45) is 0 Å².